The standard InChI is InChI=1S/C20H21N3O3S2/c24-28(25,23-11-5-9-14-6-3-4-10-17(14)23)18-12-16(13-27-18)19-21-20(26-22-19)15-7-1-2-8-15/h3-4,6,10,12-13,15H,1-2,5,7-9,11H2. The van der Waals surface area contributed by atoms with Gasteiger partial charge in [0.25, 0.3) is 10.0 Å². The summed E-state index contributed by atoms with van der Waals surface area (Å²) in [4.78, 5) is 4.53. The minimum atomic E-state index is -3.61. The average molecular weight is 416 g/mol. The van der Waals surface area contributed by atoms with Crippen LogP contribution >= 0.6 is 11.3 Å². The highest BCUT2D eigenvalue weighted by atomic mass is 32.2. The highest BCUT2D eigenvalue weighted by Crippen LogP contribution is 2.37. The summed E-state index contributed by atoms with van der Waals surface area (Å²) in [6.07, 6.45) is 6.29. The highest BCUT2D eigenvalue weighted by molar-refractivity contribution is 7.94. The molecule has 3 heterocycles. The third-order valence-electron chi connectivity index (χ3n) is 5.59. The molecule has 0 radical (unpaired) electrons. The SMILES string of the molecule is O=S(=O)(c1cc(-c2noc(C3CCCC3)n2)cs1)N1CCCc2ccccc21. The molecule has 0 unspecified atom stereocenters. The Morgan fingerprint density at radius 3 is 2.82 bits per heavy atom. The monoisotopic (exact) mass is 415 g/mol. The molecule has 0 amide bonds. The predicted octanol–water partition coefficient (Wildman–Crippen LogP) is 4.60. The summed E-state index contributed by atoms with van der Waals surface area (Å²) in [6, 6.07) is 9.39. The Morgan fingerprint density at radius 1 is 1.14 bits per heavy atom. The van der Waals surface area contributed by atoms with Crippen molar-refractivity contribution in [1.82, 2.24) is 10.1 Å². The molecule has 0 bridgehead atoms. The second-order valence-electron chi connectivity index (χ2n) is 7.40. The van der Waals surface area contributed by atoms with Gasteiger partial charge in [-0.2, -0.15) is 4.98 Å². The number of thiophene rings is 1. The maximum atomic E-state index is 13.3. The summed E-state index contributed by atoms with van der Waals surface area (Å²) in [7, 11) is -3.61. The van der Waals surface area contributed by atoms with Crippen LogP contribution in [0.3, 0.4) is 0 Å². The van der Waals surface area contributed by atoms with E-state index in [0.717, 1.165) is 36.9 Å². The van der Waals surface area contributed by atoms with Gasteiger partial charge in [0, 0.05) is 23.4 Å². The second kappa shape index (κ2) is 7.00. The quantitative estimate of drug-likeness (QED) is 0.622. The van der Waals surface area contributed by atoms with Crippen molar-refractivity contribution < 1.29 is 12.9 Å². The van der Waals surface area contributed by atoms with Crippen LogP contribution in [0.15, 0.2) is 44.4 Å². The molecule has 1 saturated carbocycles. The van der Waals surface area contributed by atoms with Crippen LogP contribution in [0, 0.1) is 0 Å². The van der Waals surface area contributed by atoms with Gasteiger partial charge in [-0.1, -0.05) is 36.2 Å². The number of sulfonamides is 1. The summed E-state index contributed by atoms with van der Waals surface area (Å²) >= 11 is 1.21. The molecular formula is C20H21N3O3S2. The van der Waals surface area contributed by atoms with E-state index in [9.17, 15) is 8.42 Å². The van der Waals surface area contributed by atoms with Crippen molar-refractivity contribution in [2.75, 3.05) is 10.8 Å². The maximum Gasteiger partial charge on any atom is 0.273 e. The van der Waals surface area contributed by atoms with E-state index in [1.165, 1.54) is 28.5 Å². The van der Waals surface area contributed by atoms with E-state index in [1.54, 1.807) is 11.4 Å². The van der Waals surface area contributed by atoms with Crippen LogP contribution < -0.4 is 4.31 Å². The number of para-hydroxylation sites is 1. The fourth-order valence-electron chi connectivity index (χ4n) is 4.12. The number of anilines is 1. The lowest BCUT2D eigenvalue weighted by Gasteiger charge is -2.29. The van der Waals surface area contributed by atoms with Crippen molar-refractivity contribution in [3.63, 3.8) is 0 Å². The molecule has 2 aromatic heterocycles. The van der Waals surface area contributed by atoms with Gasteiger partial charge in [0.15, 0.2) is 0 Å². The van der Waals surface area contributed by atoms with E-state index in [1.807, 2.05) is 24.3 Å². The van der Waals surface area contributed by atoms with Crippen LogP contribution in [-0.4, -0.2) is 25.1 Å². The second-order valence-corrected chi connectivity index (χ2v) is 10.4. The molecule has 8 heteroatoms. The summed E-state index contributed by atoms with van der Waals surface area (Å²) in [5, 5.41) is 5.88. The van der Waals surface area contributed by atoms with E-state index in [4.69, 9.17) is 4.52 Å². The first-order chi connectivity index (χ1) is 13.6. The molecule has 1 aromatic carbocycles. The molecule has 1 aliphatic carbocycles. The maximum absolute atomic E-state index is 13.3. The molecule has 3 aromatic rings. The zero-order chi connectivity index (χ0) is 19.1. The van der Waals surface area contributed by atoms with Crippen LogP contribution in [0.1, 0.15) is 49.5 Å². The molecule has 0 spiro atoms. The Balaban J connectivity index is 1.45. The minimum absolute atomic E-state index is 0.311. The molecule has 2 aliphatic rings. The lowest BCUT2D eigenvalue weighted by molar-refractivity contribution is 0.354. The van der Waals surface area contributed by atoms with Crippen molar-refractivity contribution in [2.45, 2.75) is 48.7 Å². The van der Waals surface area contributed by atoms with Gasteiger partial charge in [-0.3, -0.25) is 4.31 Å². The van der Waals surface area contributed by atoms with Crippen LogP contribution in [0.25, 0.3) is 11.4 Å². The Hall–Kier alpha value is -2.19. The molecule has 5 rings (SSSR count). The minimum Gasteiger partial charge on any atom is -0.339 e. The van der Waals surface area contributed by atoms with Crippen LogP contribution in [0.2, 0.25) is 0 Å². The largest absolute Gasteiger partial charge is 0.339 e. The third-order valence-corrected chi connectivity index (χ3v) is 8.82. The number of hydrogen-bond acceptors (Lipinski definition) is 6. The van der Waals surface area contributed by atoms with Crippen molar-refractivity contribution in [2.24, 2.45) is 0 Å². The van der Waals surface area contributed by atoms with Gasteiger partial charge in [-0.05, 0) is 43.4 Å². The molecule has 0 saturated heterocycles. The van der Waals surface area contributed by atoms with E-state index in [2.05, 4.69) is 10.1 Å². The van der Waals surface area contributed by atoms with E-state index in [-0.39, 0.29) is 0 Å². The van der Waals surface area contributed by atoms with E-state index in [0.29, 0.717) is 34.0 Å². The number of benzene rings is 1. The van der Waals surface area contributed by atoms with Crippen LogP contribution in [0.4, 0.5) is 5.69 Å². The summed E-state index contributed by atoms with van der Waals surface area (Å²) in [6.45, 7) is 0.501. The topological polar surface area (TPSA) is 76.3 Å². The molecule has 28 heavy (non-hydrogen) atoms. The van der Waals surface area contributed by atoms with Gasteiger partial charge in [0.1, 0.15) is 4.21 Å². The first-order valence-corrected chi connectivity index (χ1v) is 12.0. The zero-order valence-corrected chi connectivity index (χ0v) is 17.0. The van der Waals surface area contributed by atoms with E-state index < -0.39 is 10.0 Å². The fourth-order valence-corrected chi connectivity index (χ4v) is 6.93. The molecule has 1 fully saturated rings. The van der Waals surface area contributed by atoms with Crippen molar-refractivity contribution in [3.05, 3.63) is 47.2 Å². The Bertz CT molecular complexity index is 1100. The number of aryl methyl sites for hydroxylation is 1. The first-order valence-electron chi connectivity index (χ1n) is 9.66. The molecular weight excluding hydrogens is 394 g/mol. The van der Waals surface area contributed by atoms with Crippen molar-refractivity contribution in [3.8, 4) is 11.4 Å². The van der Waals surface area contributed by atoms with Crippen molar-refractivity contribution in [1.29, 1.82) is 0 Å². The zero-order valence-electron chi connectivity index (χ0n) is 15.4. The van der Waals surface area contributed by atoms with E-state index >= 15 is 0 Å². The average Bonchev–Trinajstić information content (AvgIpc) is 3.48. The Kier molecular flexibility index (Phi) is 4.47. The van der Waals surface area contributed by atoms with Gasteiger partial charge in [-0.25, -0.2) is 8.42 Å². The lowest BCUT2D eigenvalue weighted by atomic mass is 10.0. The van der Waals surface area contributed by atoms with Gasteiger partial charge in [-0.15, -0.1) is 11.3 Å². The molecule has 0 N–H and O–H groups in total. The van der Waals surface area contributed by atoms with Crippen LogP contribution in [0.5, 0.6) is 0 Å². The van der Waals surface area contributed by atoms with Gasteiger partial charge in [0.2, 0.25) is 11.7 Å². The third kappa shape index (κ3) is 3.04. The smallest absolute Gasteiger partial charge is 0.273 e. The highest BCUT2D eigenvalue weighted by Gasteiger charge is 2.31. The van der Waals surface area contributed by atoms with Gasteiger partial charge >= 0.3 is 0 Å². The number of hydrogen-bond donors (Lipinski definition) is 0. The summed E-state index contributed by atoms with van der Waals surface area (Å²) < 4.78 is 33.8. The Labute approximate surface area is 168 Å². The molecule has 0 atom stereocenters. The number of fused-ring (bicyclic) bond motifs is 1. The first kappa shape index (κ1) is 17.9. The van der Waals surface area contributed by atoms with Gasteiger partial charge in [0.05, 0.1) is 5.69 Å². The fraction of sp³-hybridized carbons (Fsp3) is 0.400. The van der Waals surface area contributed by atoms with Gasteiger partial charge < -0.3 is 4.52 Å². The Morgan fingerprint density at radius 2 is 1.96 bits per heavy atom. The number of rotatable bonds is 4. The summed E-state index contributed by atoms with van der Waals surface area (Å²) in [5.41, 5.74) is 2.56. The predicted molar refractivity (Wildman–Crippen MR) is 108 cm³/mol. The number of nitrogens with zero attached hydrogens (tertiary/aromatic N) is 3. The normalized spacial score (nSPS) is 17.8. The van der Waals surface area contributed by atoms with Crippen molar-refractivity contribution >= 4 is 27.0 Å². The molecule has 6 nitrogen and oxygen atoms in total. The lowest BCUT2D eigenvalue weighted by Crippen LogP contribution is -2.35. The summed E-state index contributed by atoms with van der Waals surface area (Å²) in [5.74, 6) is 1.49. The van der Waals surface area contributed by atoms with Crippen LogP contribution in [-0.2, 0) is 16.4 Å². The number of aromatic nitrogens is 2. The molecule has 146 valence electrons. The molecule has 1 aliphatic heterocycles.